The highest BCUT2D eigenvalue weighted by Crippen LogP contribution is 2.62. The number of oxime groups is 1. The first-order valence-electron chi connectivity index (χ1n) is 21.7. The molecule has 1 heterocycles. The molecule has 2 aromatic rings. The number of carbonyl (C=O) groups is 1. The van der Waals surface area contributed by atoms with E-state index in [0.29, 0.717) is 62.0 Å². The van der Waals surface area contributed by atoms with Crippen molar-refractivity contribution in [1.82, 2.24) is 4.90 Å². The molecule has 12 heteroatoms. The van der Waals surface area contributed by atoms with Gasteiger partial charge in [0.25, 0.3) is 5.69 Å². The van der Waals surface area contributed by atoms with Crippen LogP contribution in [0.5, 0.6) is 17.2 Å². The number of amides is 1. The lowest BCUT2D eigenvalue weighted by molar-refractivity contribution is -0.384. The van der Waals surface area contributed by atoms with Crippen LogP contribution in [0, 0.1) is 33.8 Å². The third-order valence-electron chi connectivity index (χ3n) is 12.6. The van der Waals surface area contributed by atoms with Crippen LogP contribution in [-0.2, 0) is 14.4 Å². The van der Waals surface area contributed by atoms with Gasteiger partial charge in [-0.05, 0) is 93.0 Å². The summed E-state index contributed by atoms with van der Waals surface area (Å²) in [4.78, 5) is 33.7. The van der Waals surface area contributed by atoms with Gasteiger partial charge in [-0.1, -0.05) is 68.8 Å². The third kappa shape index (κ3) is 9.61. The number of carbonyl (C=O) groups excluding carboxylic acids is 1. The van der Waals surface area contributed by atoms with Gasteiger partial charge >= 0.3 is 0 Å². The zero-order chi connectivity index (χ0) is 41.1. The zero-order valence-electron chi connectivity index (χ0n) is 34.4. The molecule has 4 aliphatic rings. The van der Waals surface area contributed by atoms with Crippen LogP contribution >= 0.6 is 0 Å². The van der Waals surface area contributed by atoms with E-state index >= 15 is 0 Å². The molecule has 0 aromatic heterocycles. The van der Waals surface area contributed by atoms with Gasteiger partial charge in [0.2, 0.25) is 11.7 Å². The highest BCUT2D eigenvalue weighted by atomic mass is 16.7. The maximum atomic E-state index is 14.6. The van der Waals surface area contributed by atoms with E-state index < -0.39 is 22.7 Å². The van der Waals surface area contributed by atoms with E-state index in [1.165, 1.54) is 37.8 Å². The van der Waals surface area contributed by atoms with Crippen molar-refractivity contribution in [1.29, 1.82) is 0 Å². The topological polar surface area (TPSA) is 153 Å². The number of fused-ring (bicyclic) bond motifs is 2. The number of hydrogen-bond acceptors (Lipinski definition) is 10. The van der Waals surface area contributed by atoms with Crippen LogP contribution in [0.3, 0.4) is 0 Å². The summed E-state index contributed by atoms with van der Waals surface area (Å²) in [6.07, 6.45) is 15.9. The number of ether oxygens (including phenoxy) is 3. The number of allylic oxidation sites excluding steroid dienone is 1. The van der Waals surface area contributed by atoms with Gasteiger partial charge in [0.15, 0.2) is 0 Å². The lowest BCUT2D eigenvalue weighted by atomic mass is 9.55. The number of benzene rings is 2. The Kier molecular flexibility index (Phi) is 15.4. The molecular weight excluding hydrogens is 739 g/mol. The van der Waals surface area contributed by atoms with Crippen LogP contribution in [0.25, 0.3) is 0 Å². The number of nitro groups is 1. The molecule has 0 bridgehead atoms. The second-order valence-corrected chi connectivity index (χ2v) is 16.3. The fraction of sp³-hybridized carbons (Fsp3) is 0.609. The largest absolute Gasteiger partial charge is 0.459 e. The van der Waals surface area contributed by atoms with E-state index in [1.54, 1.807) is 18.2 Å². The van der Waals surface area contributed by atoms with E-state index in [9.17, 15) is 25.1 Å². The van der Waals surface area contributed by atoms with Gasteiger partial charge in [0, 0.05) is 50.1 Å². The highest BCUT2D eigenvalue weighted by molar-refractivity contribution is 6.03. The van der Waals surface area contributed by atoms with Crippen molar-refractivity contribution in [3.8, 4) is 17.2 Å². The normalized spacial score (nSPS) is 25.6. The maximum Gasteiger partial charge on any atom is 0.273 e. The molecule has 0 spiro atoms. The summed E-state index contributed by atoms with van der Waals surface area (Å²) in [5.41, 5.74) is 2.62. The van der Waals surface area contributed by atoms with E-state index in [2.05, 4.69) is 19.6 Å². The molecule has 2 aromatic carbocycles. The standard InChI is InChI=1S/C46H63N3O9/c1-4-24-48(43(52)23-20-32-14-7-8-15-32)42-31-40(47-56-6-3)38-28-33(16-9-11-25-50)37(19-10-12-26-51)44-39-30-36(57-35-18-13-17-34(29-35)49(53)54)21-22-41(39)58-46(42,45(38)44)55-27-5-2/h5,13,17-18,21-22,28-30,32-33,37,42,44-45,50-51H,2,4,6-12,14-16,19-20,23-27,31H2,1,3H3. The minimum absolute atomic E-state index is 0.0613. The molecule has 0 saturated heterocycles. The Morgan fingerprint density at radius 3 is 2.52 bits per heavy atom. The zero-order valence-corrected chi connectivity index (χ0v) is 34.4. The summed E-state index contributed by atoms with van der Waals surface area (Å²) in [6, 6.07) is 11.3. The summed E-state index contributed by atoms with van der Waals surface area (Å²) in [5.74, 6) is 0.361. The number of nitro benzene ring substituents is 1. The Bertz CT molecular complexity index is 1770. The molecule has 6 rings (SSSR count). The number of rotatable bonds is 22. The van der Waals surface area contributed by atoms with E-state index in [0.717, 1.165) is 55.4 Å². The Hall–Kier alpha value is -4.26. The third-order valence-corrected chi connectivity index (χ3v) is 12.6. The first-order chi connectivity index (χ1) is 28.3. The number of unbranched alkanes of at least 4 members (excludes halogenated alkanes) is 2. The molecule has 12 nitrogen and oxygen atoms in total. The van der Waals surface area contributed by atoms with Crippen LogP contribution in [0.15, 0.2) is 71.9 Å². The number of non-ortho nitro benzene ring substituents is 1. The molecular formula is C46H63N3O9. The van der Waals surface area contributed by atoms with Crippen molar-refractivity contribution in [3.05, 3.63) is 82.4 Å². The van der Waals surface area contributed by atoms with E-state index in [-0.39, 0.29) is 49.2 Å². The lowest BCUT2D eigenvalue weighted by Crippen LogP contribution is -2.70. The predicted octanol–water partition coefficient (Wildman–Crippen LogP) is 9.25. The number of nitrogens with zero attached hydrogens (tertiary/aromatic N) is 3. The van der Waals surface area contributed by atoms with Crippen LogP contribution in [0.4, 0.5) is 5.69 Å². The summed E-state index contributed by atoms with van der Waals surface area (Å²) < 4.78 is 20.7. The fourth-order valence-corrected chi connectivity index (χ4v) is 10.1. The minimum atomic E-state index is -1.31. The monoisotopic (exact) mass is 801 g/mol. The molecule has 2 N–H and O–H groups in total. The van der Waals surface area contributed by atoms with Crippen molar-refractivity contribution in [2.24, 2.45) is 28.8 Å². The molecule has 0 radical (unpaired) electrons. The fourth-order valence-electron chi connectivity index (χ4n) is 10.1. The smallest absolute Gasteiger partial charge is 0.273 e. The summed E-state index contributed by atoms with van der Waals surface area (Å²) in [7, 11) is 0. The molecule has 58 heavy (non-hydrogen) atoms. The molecule has 316 valence electrons. The van der Waals surface area contributed by atoms with Crippen LogP contribution in [0.2, 0.25) is 0 Å². The summed E-state index contributed by atoms with van der Waals surface area (Å²) in [5, 5.41) is 36.2. The Morgan fingerprint density at radius 2 is 1.81 bits per heavy atom. The van der Waals surface area contributed by atoms with Crippen molar-refractivity contribution in [3.63, 3.8) is 0 Å². The van der Waals surface area contributed by atoms with Gasteiger partial charge in [-0.15, -0.1) is 6.58 Å². The molecule has 3 aliphatic carbocycles. The van der Waals surface area contributed by atoms with Crippen molar-refractivity contribution >= 4 is 17.3 Å². The minimum Gasteiger partial charge on any atom is -0.459 e. The van der Waals surface area contributed by atoms with Crippen molar-refractivity contribution in [2.75, 3.05) is 33.0 Å². The van der Waals surface area contributed by atoms with Gasteiger partial charge in [-0.3, -0.25) is 14.9 Å². The Morgan fingerprint density at radius 1 is 1.05 bits per heavy atom. The molecule has 6 unspecified atom stereocenters. The van der Waals surface area contributed by atoms with Crippen LogP contribution < -0.4 is 9.47 Å². The summed E-state index contributed by atoms with van der Waals surface area (Å²) >= 11 is 0. The second-order valence-electron chi connectivity index (χ2n) is 16.3. The SMILES string of the molecule is C=CCOC12Oc3ccc(Oc4cccc([N+](=O)[O-])c4)cc3C3C(CCCCO)C(CCCCO)C=C(C(=NOCC)CC1N(CCC)C(=O)CCC1CCCC1)C32. The predicted molar refractivity (Wildman–Crippen MR) is 223 cm³/mol. The van der Waals surface area contributed by atoms with Crippen molar-refractivity contribution < 1.29 is 39.0 Å². The van der Waals surface area contributed by atoms with Crippen LogP contribution in [0.1, 0.15) is 115 Å². The lowest BCUT2D eigenvalue weighted by Gasteiger charge is -2.60. The molecule has 1 aliphatic heterocycles. The number of aliphatic hydroxyl groups excluding tert-OH is 2. The Balaban J connectivity index is 1.54. The first-order valence-corrected chi connectivity index (χ1v) is 21.7. The van der Waals surface area contributed by atoms with Gasteiger partial charge in [-0.2, -0.15) is 0 Å². The molecule has 6 atom stereocenters. The van der Waals surface area contributed by atoms with E-state index in [4.69, 9.17) is 24.2 Å². The van der Waals surface area contributed by atoms with Gasteiger partial charge in [-0.25, -0.2) is 0 Å². The van der Waals surface area contributed by atoms with Gasteiger partial charge in [0.05, 0.1) is 29.2 Å². The average Bonchev–Trinajstić information content (AvgIpc) is 3.76. The second kappa shape index (κ2) is 20.6. The first kappa shape index (κ1) is 43.3. The average molecular weight is 802 g/mol. The van der Waals surface area contributed by atoms with E-state index in [1.807, 2.05) is 30.0 Å². The number of hydrogen-bond donors (Lipinski definition) is 2. The molecule has 1 amide bonds. The van der Waals surface area contributed by atoms with Crippen molar-refractivity contribution in [2.45, 2.75) is 121 Å². The van der Waals surface area contributed by atoms with Gasteiger partial charge < -0.3 is 34.2 Å². The maximum absolute atomic E-state index is 14.6. The van der Waals surface area contributed by atoms with Crippen LogP contribution in [-0.4, -0.2) is 76.5 Å². The quantitative estimate of drug-likeness (QED) is 0.0514. The van der Waals surface area contributed by atoms with Gasteiger partial charge in [0.1, 0.15) is 29.9 Å². The number of aliphatic hydroxyl groups is 2. The highest BCUT2D eigenvalue weighted by Gasteiger charge is 2.65. The summed E-state index contributed by atoms with van der Waals surface area (Å²) in [6.45, 7) is 9.34. The molecule has 2 fully saturated rings. The molecule has 2 saturated carbocycles. The Labute approximate surface area is 343 Å².